The molecule has 0 saturated carbocycles. The zero-order valence-corrected chi connectivity index (χ0v) is 10.6. The van der Waals surface area contributed by atoms with Crippen molar-refractivity contribution in [2.45, 2.75) is 25.2 Å². The first kappa shape index (κ1) is 12.1. The molecule has 0 saturated heterocycles. The third-order valence-electron chi connectivity index (χ3n) is 2.85. The van der Waals surface area contributed by atoms with Gasteiger partial charge in [-0.25, -0.2) is 0 Å². The van der Waals surface area contributed by atoms with Gasteiger partial charge in [-0.3, -0.25) is 4.55 Å². The van der Waals surface area contributed by atoms with E-state index in [2.05, 4.69) is 0 Å². The van der Waals surface area contributed by atoms with Gasteiger partial charge in [0.05, 0.1) is 4.90 Å². The van der Waals surface area contributed by atoms with E-state index in [1.54, 1.807) is 0 Å². The fourth-order valence-electron chi connectivity index (χ4n) is 1.98. The van der Waals surface area contributed by atoms with Crippen molar-refractivity contribution in [2.75, 3.05) is 0 Å². The van der Waals surface area contributed by atoms with E-state index in [4.69, 9.17) is 4.55 Å². The average molecular weight is 250 g/mol. The molecule has 0 aliphatic carbocycles. The van der Waals surface area contributed by atoms with Crippen molar-refractivity contribution >= 4 is 20.9 Å². The fraction of sp³-hybridized carbons (Fsp3) is 0.231. The molecule has 0 bridgehead atoms. The second-order valence-electron chi connectivity index (χ2n) is 4.14. The summed E-state index contributed by atoms with van der Waals surface area (Å²) in [5, 5.41) is 1.88. The number of aryl methyl sites for hydroxylation is 2. The predicted octanol–water partition coefficient (Wildman–Crippen LogP) is 2.96. The lowest BCUT2D eigenvalue weighted by Crippen LogP contribution is -1.99. The molecular weight excluding hydrogens is 236 g/mol. The van der Waals surface area contributed by atoms with Gasteiger partial charge in [-0.05, 0) is 41.8 Å². The van der Waals surface area contributed by atoms with Gasteiger partial charge in [0.15, 0.2) is 0 Å². The van der Waals surface area contributed by atoms with Crippen LogP contribution in [-0.4, -0.2) is 13.0 Å². The summed E-state index contributed by atoms with van der Waals surface area (Å²) in [6, 6.07) is 8.94. The third-order valence-corrected chi connectivity index (χ3v) is 3.68. The van der Waals surface area contributed by atoms with Crippen LogP contribution in [0.1, 0.15) is 18.1 Å². The Bertz CT molecular complexity index is 672. The molecule has 0 unspecified atom stereocenters. The second-order valence-corrected chi connectivity index (χ2v) is 5.56. The van der Waals surface area contributed by atoms with Gasteiger partial charge in [0.1, 0.15) is 0 Å². The van der Waals surface area contributed by atoms with Gasteiger partial charge in [0.2, 0.25) is 0 Å². The lowest BCUT2D eigenvalue weighted by atomic mass is 10.0. The van der Waals surface area contributed by atoms with Crippen molar-refractivity contribution in [3.8, 4) is 0 Å². The van der Waals surface area contributed by atoms with E-state index in [9.17, 15) is 8.42 Å². The first-order valence-electron chi connectivity index (χ1n) is 5.42. The normalized spacial score (nSPS) is 11.9. The van der Waals surface area contributed by atoms with Crippen LogP contribution in [0.2, 0.25) is 0 Å². The Balaban J connectivity index is 2.85. The van der Waals surface area contributed by atoms with Crippen LogP contribution < -0.4 is 0 Å². The molecule has 0 heterocycles. The number of fused-ring (bicyclic) bond motifs is 1. The van der Waals surface area contributed by atoms with Crippen molar-refractivity contribution < 1.29 is 13.0 Å². The average Bonchev–Trinajstić information content (AvgIpc) is 2.25. The predicted molar refractivity (Wildman–Crippen MR) is 67.9 cm³/mol. The lowest BCUT2D eigenvalue weighted by molar-refractivity contribution is 0.483. The fourth-order valence-corrected chi connectivity index (χ4v) is 2.55. The Morgan fingerprint density at radius 1 is 1.18 bits per heavy atom. The lowest BCUT2D eigenvalue weighted by Gasteiger charge is -2.08. The molecule has 0 atom stereocenters. The smallest absolute Gasteiger partial charge is 0.282 e. The monoisotopic (exact) mass is 250 g/mol. The van der Waals surface area contributed by atoms with Crippen LogP contribution >= 0.6 is 0 Å². The van der Waals surface area contributed by atoms with Crippen LogP contribution in [-0.2, 0) is 16.5 Å². The van der Waals surface area contributed by atoms with Crippen molar-refractivity contribution in [2.24, 2.45) is 0 Å². The molecule has 2 aromatic carbocycles. The summed E-state index contributed by atoms with van der Waals surface area (Å²) < 4.78 is 31.5. The van der Waals surface area contributed by atoms with E-state index < -0.39 is 10.1 Å². The maximum Gasteiger partial charge on any atom is 0.294 e. The minimum absolute atomic E-state index is 0.0348. The summed E-state index contributed by atoms with van der Waals surface area (Å²) in [5.74, 6) is 0. The molecule has 2 aromatic rings. The molecule has 0 aliphatic rings. The first-order valence-corrected chi connectivity index (χ1v) is 6.86. The van der Waals surface area contributed by atoms with E-state index >= 15 is 0 Å². The first-order chi connectivity index (χ1) is 7.91. The molecule has 2 rings (SSSR count). The Kier molecular flexibility index (Phi) is 2.93. The number of hydrogen-bond acceptors (Lipinski definition) is 2. The summed E-state index contributed by atoms with van der Waals surface area (Å²) in [6.45, 7) is 3.91. The van der Waals surface area contributed by atoms with Gasteiger partial charge in [-0.15, -0.1) is 0 Å². The molecule has 1 N–H and O–H groups in total. The molecular formula is C13H14O3S. The zero-order valence-electron chi connectivity index (χ0n) is 9.77. The van der Waals surface area contributed by atoms with Crippen molar-refractivity contribution in [3.63, 3.8) is 0 Å². The summed E-state index contributed by atoms with van der Waals surface area (Å²) in [7, 11) is -4.14. The van der Waals surface area contributed by atoms with Crippen molar-refractivity contribution in [3.05, 3.63) is 41.5 Å². The largest absolute Gasteiger partial charge is 0.294 e. The van der Waals surface area contributed by atoms with Crippen LogP contribution in [0, 0.1) is 6.92 Å². The second kappa shape index (κ2) is 4.13. The molecule has 0 spiro atoms. The van der Waals surface area contributed by atoms with Crippen molar-refractivity contribution in [1.82, 2.24) is 0 Å². The number of benzene rings is 2. The van der Waals surface area contributed by atoms with E-state index in [1.165, 1.54) is 12.1 Å². The molecule has 0 fully saturated rings. The highest BCUT2D eigenvalue weighted by atomic mass is 32.2. The quantitative estimate of drug-likeness (QED) is 0.834. The van der Waals surface area contributed by atoms with E-state index in [0.29, 0.717) is 0 Å². The number of hydrogen-bond donors (Lipinski definition) is 1. The summed E-state index contributed by atoms with van der Waals surface area (Å²) >= 11 is 0. The topological polar surface area (TPSA) is 54.4 Å². The summed E-state index contributed by atoms with van der Waals surface area (Å²) in [4.78, 5) is -0.0348. The molecule has 90 valence electrons. The molecule has 0 aliphatic heterocycles. The van der Waals surface area contributed by atoms with Gasteiger partial charge in [0, 0.05) is 0 Å². The molecule has 4 heteroatoms. The highest BCUT2D eigenvalue weighted by Gasteiger charge is 2.12. The molecule has 0 amide bonds. The molecule has 3 nitrogen and oxygen atoms in total. The SMILES string of the molecule is CCc1cc(S(=O)(=O)O)cc2cc(C)ccc12. The zero-order chi connectivity index (χ0) is 12.6. The van der Waals surface area contributed by atoms with Crippen LogP contribution in [0.15, 0.2) is 35.2 Å². The number of rotatable bonds is 2. The van der Waals surface area contributed by atoms with Crippen molar-refractivity contribution in [1.29, 1.82) is 0 Å². The standard InChI is InChI=1S/C13H14O3S/c1-3-10-7-12(17(14,15)16)8-11-6-9(2)4-5-13(10)11/h4-8H,3H2,1-2H3,(H,14,15,16). The highest BCUT2D eigenvalue weighted by molar-refractivity contribution is 7.85. The van der Waals surface area contributed by atoms with Gasteiger partial charge in [0.25, 0.3) is 10.1 Å². The van der Waals surface area contributed by atoms with Gasteiger partial charge >= 0.3 is 0 Å². The Morgan fingerprint density at radius 2 is 1.88 bits per heavy atom. The minimum atomic E-state index is -4.14. The van der Waals surface area contributed by atoms with Gasteiger partial charge < -0.3 is 0 Å². The minimum Gasteiger partial charge on any atom is -0.282 e. The summed E-state index contributed by atoms with van der Waals surface area (Å²) in [5.41, 5.74) is 1.99. The Hall–Kier alpha value is -1.39. The molecule has 0 aromatic heterocycles. The Labute approximate surface area is 101 Å². The van der Waals surface area contributed by atoms with Crippen LogP contribution in [0.5, 0.6) is 0 Å². The highest BCUT2D eigenvalue weighted by Crippen LogP contribution is 2.25. The molecule has 17 heavy (non-hydrogen) atoms. The third kappa shape index (κ3) is 2.33. The summed E-state index contributed by atoms with van der Waals surface area (Å²) in [6.07, 6.45) is 0.725. The van der Waals surface area contributed by atoms with E-state index in [-0.39, 0.29) is 4.90 Å². The van der Waals surface area contributed by atoms with Crippen LogP contribution in [0.25, 0.3) is 10.8 Å². The van der Waals surface area contributed by atoms with E-state index in [1.807, 2.05) is 32.0 Å². The molecule has 0 radical (unpaired) electrons. The van der Waals surface area contributed by atoms with E-state index in [0.717, 1.165) is 28.3 Å². The Morgan fingerprint density at radius 3 is 2.47 bits per heavy atom. The van der Waals surface area contributed by atoms with Crippen LogP contribution in [0.4, 0.5) is 0 Å². The maximum atomic E-state index is 11.2. The van der Waals surface area contributed by atoms with Gasteiger partial charge in [-0.2, -0.15) is 8.42 Å². The maximum absolute atomic E-state index is 11.2. The van der Waals surface area contributed by atoms with Crippen LogP contribution in [0.3, 0.4) is 0 Å². The van der Waals surface area contributed by atoms with Gasteiger partial charge in [-0.1, -0.05) is 30.7 Å².